The molecule has 0 saturated carbocycles. The Balaban J connectivity index is 2.65. The number of benzene rings is 1. The van der Waals surface area contributed by atoms with Crippen molar-refractivity contribution in [1.29, 1.82) is 0 Å². The zero-order valence-electron chi connectivity index (χ0n) is 8.40. The van der Waals surface area contributed by atoms with Gasteiger partial charge in [0, 0.05) is 11.1 Å². The number of nitrogens with one attached hydrogen (secondary N) is 1. The Labute approximate surface area is 97.6 Å². The van der Waals surface area contributed by atoms with Crippen molar-refractivity contribution in [1.82, 2.24) is 4.98 Å². The summed E-state index contributed by atoms with van der Waals surface area (Å²) in [6.07, 6.45) is 0. The van der Waals surface area contributed by atoms with E-state index in [0.29, 0.717) is 10.9 Å². The van der Waals surface area contributed by atoms with Gasteiger partial charge in [-0.3, -0.25) is 4.21 Å². The molecule has 0 fully saturated rings. The summed E-state index contributed by atoms with van der Waals surface area (Å²) in [5, 5.41) is 9.12. The normalized spacial score (nSPS) is 12.8. The summed E-state index contributed by atoms with van der Waals surface area (Å²) in [7, 11) is 0. The lowest BCUT2D eigenvalue weighted by Crippen LogP contribution is -1.97. The van der Waals surface area contributed by atoms with Gasteiger partial charge in [-0.1, -0.05) is 11.1 Å². The van der Waals surface area contributed by atoms with Crippen molar-refractivity contribution < 1.29 is 23.1 Å². The maximum Gasteiger partial charge on any atom is 0.352 e. The molecule has 2 rings (SSSR count). The Morgan fingerprint density at radius 2 is 2.18 bits per heavy atom. The number of carboxylic acids is 1. The number of hydrogen-bond acceptors (Lipinski definition) is 3. The molecular formula is C10H7FNO4S-. The lowest BCUT2D eigenvalue weighted by molar-refractivity contribution is 0.0691. The second-order valence-corrected chi connectivity index (χ2v) is 4.36. The summed E-state index contributed by atoms with van der Waals surface area (Å²) >= 11 is -2.37. The fourth-order valence-electron chi connectivity index (χ4n) is 1.63. The van der Waals surface area contributed by atoms with Gasteiger partial charge in [0.25, 0.3) is 0 Å². The zero-order valence-corrected chi connectivity index (χ0v) is 9.21. The maximum atomic E-state index is 13.2. The third kappa shape index (κ3) is 2.34. The molecule has 7 heteroatoms. The number of aromatic amines is 1. The first-order valence-corrected chi connectivity index (χ1v) is 5.82. The number of halogens is 1. The second-order valence-electron chi connectivity index (χ2n) is 3.47. The minimum atomic E-state index is -2.37. The molecule has 2 aromatic rings. The Hall–Kier alpha value is -1.73. The summed E-state index contributed by atoms with van der Waals surface area (Å²) in [5.74, 6) is -2.15. The van der Waals surface area contributed by atoms with Gasteiger partial charge in [-0.2, -0.15) is 0 Å². The number of carbonyl (C=O) groups is 1. The van der Waals surface area contributed by atoms with Crippen LogP contribution in [0.1, 0.15) is 16.1 Å². The van der Waals surface area contributed by atoms with Crippen molar-refractivity contribution in [2.75, 3.05) is 0 Å². The first-order valence-electron chi connectivity index (χ1n) is 4.57. The molecule has 0 amide bonds. The van der Waals surface area contributed by atoms with Gasteiger partial charge in [0.05, 0.1) is 5.52 Å². The number of aromatic nitrogens is 1. The van der Waals surface area contributed by atoms with E-state index < -0.39 is 22.9 Å². The van der Waals surface area contributed by atoms with Crippen LogP contribution in [0.4, 0.5) is 4.39 Å². The van der Waals surface area contributed by atoms with Crippen LogP contribution in [-0.2, 0) is 16.8 Å². The van der Waals surface area contributed by atoms with Crippen molar-refractivity contribution in [3.05, 3.63) is 35.3 Å². The quantitative estimate of drug-likeness (QED) is 0.811. The molecule has 1 unspecified atom stereocenters. The molecule has 17 heavy (non-hydrogen) atoms. The van der Waals surface area contributed by atoms with Gasteiger partial charge >= 0.3 is 5.97 Å². The van der Waals surface area contributed by atoms with Crippen LogP contribution in [0.3, 0.4) is 0 Å². The largest absolute Gasteiger partial charge is 0.772 e. The van der Waals surface area contributed by atoms with Gasteiger partial charge in [-0.05, 0) is 23.8 Å². The molecule has 0 aliphatic rings. The number of hydrogen-bond donors (Lipinski definition) is 2. The number of aromatic carboxylic acids is 1. The smallest absolute Gasteiger partial charge is 0.352 e. The average Bonchev–Trinajstić information content (AvgIpc) is 2.60. The molecule has 0 aliphatic heterocycles. The van der Waals surface area contributed by atoms with Crippen LogP contribution in [0.15, 0.2) is 18.2 Å². The molecule has 1 atom stereocenters. The molecule has 0 saturated heterocycles. The third-order valence-corrected chi connectivity index (χ3v) is 2.83. The van der Waals surface area contributed by atoms with Crippen LogP contribution in [0.25, 0.3) is 10.9 Å². The van der Waals surface area contributed by atoms with E-state index in [0.717, 1.165) is 12.1 Å². The summed E-state index contributed by atoms with van der Waals surface area (Å²) < 4.78 is 34.4. The van der Waals surface area contributed by atoms with E-state index >= 15 is 0 Å². The van der Waals surface area contributed by atoms with E-state index in [1.54, 1.807) is 0 Å². The van der Waals surface area contributed by atoms with Crippen LogP contribution in [0, 0.1) is 5.82 Å². The Morgan fingerprint density at radius 1 is 1.47 bits per heavy atom. The topological polar surface area (TPSA) is 93.2 Å². The lowest BCUT2D eigenvalue weighted by Gasteiger charge is -2.06. The highest BCUT2D eigenvalue weighted by Gasteiger charge is 2.11. The van der Waals surface area contributed by atoms with Gasteiger partial charge in [0.2, 0.25) is 0 Å². The number of H-pyrrole nitrogens is 1. The van der Waals surface area contributed by atoms with Gasteiger partial charge < -0.3 is 14.6 Å². The molecule has 5 nitrogen and oxygen atoms in total. The van der Waals surface area contributed by atoms with Crippen LogP contribution in [0.5, 0.6) is 0 Å². The zero-order chi connectivity index (χ0) is 12.6. The third-order valence-electron chi connectivity index (χ3n) is 2.28. The van der Waals surface area contributed by atoms with Crippen LogP contribution in [-0.4, -0.2) is 24.8 Å². The standard InChI is InChI=1S/C10H8FNO4S/c11-7-1-5-3-8(10(13)14)12-9(5)6(2-7)4-17(15)16/h1-3,12H,4H2,(H,13,14)(H,15,16)/p-1. The predicted molar refractivity (Wildman–Crippen MR) is 57.8 cm³/mol. The van der Waals surface area contributed by atoms with Gasteiger partial charge in [0.15, 0.2) is 0 Å². The molecule has 0 spiro atoms. The van der Waals surface area contributed by atoms with Crippen molar-refractivity contribution in [3.8, 4) is 0 Å². The van der Waals surface area contributed by atoms with E-state index in [9.17, 15) is 17.9 Å². The number of carboxylic acid groups (broad SMARTS) is 1. The van der Waals surface area contributed by atoms with Crippen molar-refractivity contribution in [2.24, 2.45) is 0 Å². The van der Waals surface area contributed by atoms with E-state index in [2.05, 4.69) is 4.98 Å². The first kappa shape index (κ1) is 11.7. The first-order chi connectivity index (χ1) is 7.97. The maximum absolute atomic E-state index is 13.2. The minimum absolute atomic E-state index is 0.108. The van der Waals surface area contributed by atoms with E-state index in [4.69, 9.17) is 5.11 Å². The van der Waals surface area contributed by atoms with Gasteiger partial charge in [-0.25, -0.2) is 9.18 Å². The minimum Gasteiger partial charge on any atom is -0.772 e. The molecular weight excluding hydrogens is 249 g/mol. The van der Waals surface area contributed by atoms with Crippen molar-refractivity contribution in [3.63, 3.8) is 0 Å². The lowest BCUT2D eigenvalue weighted by atomic mass is 10.1. The van der Waals surface area contributed by atoms with Crippen LogP contribution >= 0.6 is 0 Å². The second kappa shape index (κ2) is 4.27. The highest BCUT2D eigenvalue weighted by molar-refractivity contribution is 7.78. The summed E-state index contributed by atoms with van der Waals surface area (Å²) in [6.45, 7) is 0. The molecule has 1 heterocycles. The van der Waals surface area contributed by atoms with E-state index in [1.165, 1.54) is 6.07 Å². The molecule has 2 N–H and O–H groups in total. The van der Waals surface area contributed by atoms with Crippen molar-refractivity contribution in [2.45, 2.75) is 5.75 Å². The summed E-state index contributed by atoms with van der Waals surface area (Å²) in [5.41, 5.74) is 0.428. The fourth-order valence-corrected chi connectivity index (χ4v) is 2.12. The molecule has 1 aromatic carbocycles. The highest BCUT2D eigenvalue weighted by atomic mass is 32.2. The summed E-state index contributed by atoms with van der Waals surface area (Å²) in [6, 6.07) is 3.48. The molecule has 0 bridgehead atoms. The summed E-state index contributed by atoms with van der Waals surface area (Å²) in [4.78, 5) is 13.3. The van der Waals surface area contributed by atoms with E-state index in [1.807, 2.05) is 0 Å². The van der Waals surface area contributed by atoms with Crippen molar-refractivity contribution >= 4 is 28.0 Å². The SMILES string of the molecule is O=C(O)c1cc2cc(F)cc(CS(=O)[O-])c2[nH]1. The monoisotopic (exact) mass is 256 g/mol. The Kier molecular flexibility index (Phi) is 2.95. The van der Waals surface area contributed by atoms with E-state index in [-0.39, 0.29) is 17.0 Å². The van der Waals surface area contributed by atoms with Gasteiger partial charge in [-0.15, -0.1) is 0 Å². The molecule has 0 aliphatic carbocycles. The van der Waals surface area contributed by atoms with Gasteiger partial charge in [0.1, 0.15) is 11.5 Å². The molecule has 1 aromatic heterocycles. The highest BCUT2D eigenvalue weighted by Crippen LogP contribution is 2.22. The molecule has 0 radical (unpaired) electrons. The number of rotatable bonds is 3. The Bertz CT molecular complexity index is 622. The fraction of sp³-hybridized carbons (Fsp3) is 0.100. The predicted octanol–water partition coefficient (Wildman–Crippen LogP) is 1.38. The number of fused-ring (bicyclic) bond motifs is 1. The van der Waals surface area contributed by atoms with Crippen LogP contribution < -0.4 is 0 Å². The average molecular weight is 256 g/mol. The Morgan fingerprint density at radius 3 is 2.76 bits per heavy atom. The molecule has 90 valence electrons. The van der Waals surface area contributed by atoms with Crippen LogP contribution in [0.2, 0.25) is 0 Å².